The van der Waals surface area contributed by atoms with Crippen molar-refractivity contribution in [2.75, 3.05) is 0 Å². The SMILES string of the molecule is CCC(N)Cc1cc(F)ccc1-n1ccnc1C. The van der Waals surface area contributed by atoms with Crippen LogP contribution in [-0.2, 0) is 6.42 Å². The molecule has 96 valence electrons. The molecule has 1 aromatic heterocycles. The van der Waals surface area contributed by atoms with Crippen molar-refractivity contribution in [2.24, 2.45) is 5.73 Å². The van der Waals surface area contributed by atoms with Gasteiger partial charge in [-0.3, -0.25) is 0 Å². The summed E-state index contributed by atoms with van der Waals surface area (Å²) in [5.41, 5.74) is 7.84. The largest absolute Gasteiger partial charge is 0.327 e. The molecule has 0 spiro atoms. The lowest BCUT2D eigenvalue weighted by molar-refractivity contribution is 0.612. The molecular weight excluding hydrogens is 229 g/mol. The Balaban J connectivity index is 2.44. The van der Waals surface area contributed by atoms with Crippen LogP contribution in [0.3, 0.4) is 0 Å². The average molecular weight is 247 g/mol. The molecule has 2 aromatic rings. The highest BCUT2D eigenvalue weighted by Gasteiger charge is 2.11. The first-order valence-electron chi connectivity index (χ1n) is 6.16. The first-order valence-corrected chi connectivity index (χ1v) is 6.16. The maximum Gasteiger partial charge on any atom is 0.123 e. The number of halogens is 1. The molecular formula is C14H18FN3. The van der Waals surface area contributed by atoms with Crippen LogP contribution < -0.4 is 5.73 Å². The van der Waals surface area contributed by atoms with Gasteiger partial charge in [0.15, 0.2) is 0 Å². The monoisotopic (exact) mass is 247 g/mol. The van der Waals surface area contributed by atoms with Gasteiger partial charge in [-0.15, -0.1) is 0 Å². The number of benzene rings is 1. The van der Waals surface area contributed by atoms with Crippen LogP contribution in [-0.4, -0.2) is 15.6 Å². The summed E-state index contributed by atoms with van der Waals surface area (Å²) in [5, 5.41) is 0. The van der Waals surface area contributed by atoms with Crippen LogP contribution in [0.4, 0.5) is 4.39 Å². The molecule has 4 heteroatoms. The summed E-state index contributed by atoms with van der Waals surface area (Å²) in [6.45, 7) is 3.96. The van der Waals surface area contributed by atoms with Gasteiger partial charge in [0, 0.05) is 18.4 Å². The van der Waals surface area contributed by atoms with Gasteiger partial charge in [0.25, 0.3) is 0 Å². The second-order valence-electron chi connectivity index (χ2n) is 4.49. The first kappa shape index (κ1) is 12.8. The quantitative estimate of drug-likeness (QED) is 0.902. The molecule has 0 radical (unpaired) electrons. The molecule has 0 saturated carbocycles. The summed E-state index contributed by atoms with van der Waals surface area (Å²) < 4.78 is 15.3. The van der Waals surface area contributed by atoms with E-state index in [1.165, 1.54) is 6.07 Å². The van der Waals surface area contributed by atoms with E-state index >= 15 is 0 Å². The van der Waals surface area contributed by atoms with E-state index in [2.05, 4.69) is 4.98 Å². The molecule has 0 amide bonds. The van der Waals surface area contributed by atoms with Crippen molar-refractivity contribution in [1.29, 1.82) is 0 Å². The zero-order valence-corrected chi connectivity index (χ0v) is 10.7. The van der Waals surface area contributed by atoms with Gasteiger partial charge >= 0.3 is 0 Å². The van der Waals surface area contributed by atoms with Gasteiger partial charge in [0.2, 0.25) is 0 Å². The van der Waals surface area contributed by atoms with Crippen LogP contribution in [0, 0.1) is 12.7 Å². The molecule has 3 nitrogen and oxygen atoms in total. The van der Waals surface area contributed by atoms with Crippen molar-refractivity contribution < 1.29 is 4.39 Å². The van der Waals surface area contributed by atoms with Crippen molar-refractivity contribution in [3.05, 3.63) is 47.8 Å². The van der Waals surface area contributed by atoms with E-state index < -0.39 is 0 Å². The summed E-state index contributed by atoms with van der Waals surface area (Å²) in [4.78, 5) is 4.19. The number of nitrogens with two attached hydrogens (primary N) is 1. The molecule has 2 rings (SSSR count). The minimum Gasteiger partial charge on any atom is -0.327 e. The highest BCUT2D eigenvalue weighted by Crippen LogP contribution is 2.19. The summed E-state index contributed by atoms with van der Waals surface area (Å²) in [6, 6.07) is 4.86. The first-order chi connectivity index (χ1) is 8.61. The van der Waals surface area contributed by atoms with Crippen molar-refractivity contribution in [2.45, 2.75) is 32.7 Å². The van der Waals surface area contributed by atoms with Crippen molar-refractivity contribution in [3.8, 4) is 5.69 Å². The Kier molecular flexibility index (Phi) is 3.77. The van der Waals surface area contributed by atoms with E-state index in [4.69, 9.17) is 5.73 Å². The summed E-state index contributed by atoms with van der Waals surface area (Å²) in [6.07, 6.45) is 5.16. The zero-order chi connectivity index (χ0) is 13.1. The van der Waals surface area contributed by atoms with E-state index in [9.17, 15) is 4.39 Å². The Morgan fingerprint density at radius 2 is 2.22 bits per heavy atom. The molecule has 0 saturated heterocycles. The summed E-state index contributed by atoms with van der Waals surface area (Å²) >= 11 is 0. The van der Waals surface area contributed by atoms with E-state index in [1.54, 1.807) is 18.3 Å². The smallest absolute Gasteiger partial charge is 0.123 e. The second kappa shape index (κ2) is 5.31. The molecule has 0 aliphatic rings. The molecule has 1 atom stereocenters. The lowest BCUT2D eigenvalue weighted by atomic mass is 10.0. The predicted molar refractivity (Wildman–Crippen MR) is 70.2 cm³/mol. The van der Waals surface area contributed by atoms with E-state index in [1.807, 2.05) is 24.6 Å². The number of aromatic nitrogens is 2. The van der Waals surface area contributed by atoms with Gasteiger partial charge in [-0.05, 0) is 43.5 Å². The fourth-order valence-corrected chi connectivity index (χ4v) is 2.01. The third kappa shape index (κ3) is 2.59. The third-order valence-electron chi connectivity index (χ3n) is 3.13. The van der Waals surface area contributed by atoms with Crippen molar-refractivity contribution in [1.82, 2.24) is 9.55 Å². The molecule has 1 aromatic carbocycles. The fourth-order valence-electron chi connectivity index (χ4n) is 2.01. The van der Waals surface area contributed by atoms with Crippen LogP contribution in [0.5, 0.6) is 0 Å². The van der Waals surface area contributed by atoms with Gasteiger partial charge in [0.05, 0.1) is 5.69 Å². The normalized spacial score (nSPS) is 12.7. The Labute approximate surface area is 106 Å². The van der Waals surface area contributed by atoms with Gasteiger partial charge in [-0.2, -0.15) is 0 Å². The summed E-state index contributed by atoms with van der Waals surface area (Å²) in [7, 11) is 0. The molecule has 2 N–H and O–H groups in total. The van der Waals surface area contributed by atoms with E-state index in [0.717, 1.165) is 23.5 Å². The number of imidazole rings is 1. The lowest BCUT2D eigenvalue weighted by Crippen LogP contribution is -2.22. The van der Waals surface area contributed by atoms with Crippen LogP contribution in [0.2, 0.25) is 0 Å². The Bertz CT molecular complexity index is 534. The molecule has 0 aliphatic heterocycles. The Morgan fingerprint density at radius 3 is 2.83 bits per heavy atom. The second-order valence-corrected chi connectivity index (χ2v) is 4.49. The fraction of sp³-hybridized carbons (Fsp3) is 0.357. The van der Waals surface area contributed by atoms with Crippen molar-refractivity contribution >= 4 is 0 Å². The van der Waals surface area contributed by atoms with Gasteiger partial charge in [0.1, 0.15) is 11.6 Å². The van der Waals surface area contributed by atoms with E-state index in [-0.39, 0.29) is 11.9 Å². The number of hydrogen-bond acceptors (Lipinski definition) is 2. The van der Waals surface area contributed by atoms with Gasteiger partial charge in [-0.25, -0.2) is 9.37 Å². The molecule has 0 aliphatic carbocycles. The third-order valence-corrected chi connectivity index (χ3v) is 3.13. The van der Waals surface area contributed by atoms with Crippen LogP contribution in [0.15, 0.2) is 30.6 Å². The number of aryl methyl sites for hydroxylation is 1. The van der Waals surface area contributed by atoms with Crippen LogP contribution in [0.25, 0.3) is 5.69 Å². The van der Waals surface area contributed by atoms with Crippen LogP contribution in [0.1, 0.15) is 24.7 Å². The van der Waals surface area contributed by atoms with Gasteiger partial charge < -0.3 is 10.3 Å². The predicted octanol–water partition coefficient (Wildman–Crippen LogP) is 2.60. The highest BCUT2D eigenvalue weighted by molar-refractivity contribution is 5.42. The number of nitrogens with zero attached hydrogens (tertiary/aromatic N) is 2. The number of rotatable bonds is 4. The highest BCUT2D eigenvalue weighted by atomic mass is 19.1. The molecule has 18 heavy (non-hydrogen) atoms. The van der Waals surface area contributed by atoms with Crippen LogP contribution >= 0.6 is 0 Å². The molecule has 1 heterocycles. The van der Waals surface area contributed by atoms with Gasteiger partial charge in [-0.1, -0.05) is 6.92 Å². The standard InChI is InChI=1S/C14H18FN3/c1-3-13(16)9-11-8-12(15)4-5-14(11)18-7-6-17-10(18)2/h4-8,13H,3,9,16H2,1-2H3. The summed E-state index contributed by atoms with van der Waals surface area (Å²) in [5.74, 6) is 0.655. The topological polar surface area (TPSA) is 43.8 Å². The lowest BCUT2D eigenvalue weighted by Gasteiger charge is -2.15. The minimum absolute atomic E-state index is 0.0503. The number of hydrogen-bond donors (Lipinski definition) is 1. The molecule has 0 bridgehead atoms. The maximum atomic E-state index is 13.4. The minimum atomic E-state index is -0.227. The van der Waals surface area contributed by atoms with E-state index in [0.29, 0.717) is 6.42 Å². The molecule has 0 fully saturated rings. The average Bonchev–Trinajstić information content (AvgIpc) is 2.75. The maximum absolute atomic E-state index is 13.4. The molecule has 1 unspecified atom stereocenters. The Hall–Kier alpha value is -1.68. The van der Waals surface area contributed by atoms with Crippen molar-refractivity contribution in [3.63, 3.8) is 0 Å². The Morgan fingerprint density at radius 1 is 1.44 bits per heavy atom. The zero-order valence-electron chi connectivity index (χ0n) is 10.7.